The van der Waals surface area contributed by atoms with Crippen LogP contribution in [0, 0.1) is 12.3 Å². The quantitative estimate of drug-likeness (QED) is 0.838. The first-order valence-corrected chi connectivity index (χ1v) is 8.66. The summed E-state index contributed by atoms with van der Waals surface area (Å²) in [4.78, 5) is 0.261. The van der Waals surface area contributed by atoms with Gasteiger partial charge in [0, 0.05) is 23.2 Å². The van der Waals surface area contributed by atoms with E-state index in [1.165, 1.54) is 10.4 Å². The molecule has 1 rings (SSSR count). The predicted octanol–water partition coefficient (Wildman–Crippen LogP) is 3.39. The number of nitrogens with zero attached hydrogens (tertiary/aromatic N) is 1. The van der Waals surface area contributed by atoms with E-state index in [2.05, 4.69) is 15.9 Å². The van der Waals surface area contributed by atoms with Gasteiger partial charge in [0.2, 0.25) is 10.0 Å². The summed E-state index contributed by atoms with van der Waals surface area (Å²) in [5, 5.41) is 0. The van der Waals surface area contributed by atoms with Crippen LogP contribution in [0.4, 0.5) is 5.69 Å². The Morgan fingerprint density at radius 2 is 1.80 bits per heavy atom. The molecule has 0 amide bonds. The molecule has 20 heavy (non-hydrogen) atoms. The minimum atomic E-state index is -3.56. The van der Waals surface area contributed by atoms with Gasteiger partial charge in [-0.25, -0.2) is 8.42 Å². The molecule has 0 aliphatic rings. The Kier molecular flexibility index (Phi) is 4.94. The van der Waals surface area contributed by atoms with E-state index in [0.717, 1.165) is 0 Å². The van der Waals surface area contributed by atoms with Gasteiger partial charge in [-0.15, -0.1) is 0 Å². The Morgan fingerprint density at radius 3 is 2.25 bits per heavy atom. The first kappa shape index (κ1) is 17.5. The van der Waals surface area contributed by atoms with Crippen LogP contribution in [0.3, 0.4) is 0 Å². The summed E-state index contributed by atoms with van der Waals surface area (Å²) in [5.41, 5.74) is 6.78. The molecule has 0 saturated carbocycles. The lowest BCUT2D eigenvalue weighted by Crippen LogP contribution is -2.43. The third-order valence-corrected chi connectivity index (χ3v) is 6.51. The van der Waals surface area contributed by atoms with Gasteiger partial charge in [-0.2, -0.15) is 4.31 Å². The highest BCUT2D eigenvalue weighted by Gasteiger charge is 2.33. The largest absolute Gasteiger partial charge is 0.398 e. The maximum Gasteiger partial charge on any atom is 0.243 e. The van der Waals surface area contributed by atoms with Gasteiger partial charge in [0.25, 0.3) is 0 Å². The Morgan fingerprint density at radius 1 is 1.30 bits per heavy atom. The SMILES string of the molecule is Cc1cc(Br)c(N)cc1S(=O)(=O)N(C)C(C)C(C)(C)C. The van der Waals surface area contributed by atoms with Crippen molar-refractivity contribution in [2.24, 2.45) is 5.41 Å². The summed E-state index contributed by atoms with van der Waals surface area (Å²) in [5.74, 6) is 0. The smallest absolute Gasteiger partial charge is 0.243 e. The Labute approximate surface area is 130 Å². The van der Waals surface area contributed by atoms with Crippen molar-refractivity contribution in [1.29, 1.82) is 0 Å². The topological polar surface area (TPSA) is 63.4 Å². The van der Waals surface area contributed by atoms with Crippen LogP contribution in [0.2, 0.25) is 0 Å². The molecule has 0 aliphatic heterocycles. The van der Waals surface area contributed by atoms with Crippen molar-refractivity contribution in [3.8, 4) is 0 Å². The molecule has 2 N–H and O–H groups in total. The van der Waals surface area contributed by atoms with E-state index in [0.29, 0.717) is 15.7 Å². The Balaban J connectivity index is 3.34. The van der Waals surface area contributed by atoms with Crippen molar-refractivity contribution >= 4 is 31.6 Å². The first-order chi connectivity index (χ1) is 8.89. The van der Waals surface area contributed by atoms with Gasteiger partial charge in [-0.05, 0) is 52.9 Å². The molecule has 1 aromatic carbocycles. The van der Waals surface area contributed by atoms with E-state index in [1.807, 2.05) is 27.7 Å². The summed E-state index contributed by atoms with van der Waals surface area (Å²) in [7, 11) is -1.94. The molecule has 1 atom stereocenters. The van der Waals surface area contributed by atoms with Crippen LogP contribution in [0.5, 0.6) is 0 Å². The summed E-state index contributed by atoms with van der Waals surface area (Å²) >= 11 is 3.31. The number of nitrogens with two attached hydrogens (primary N) is 1. The zero-order chi connectivity index (χ0) is 15.9. The molecule has 6 heteroatoms. The summed E-state index contributed by atoms with van der Waals surface area (Å²) in [6, 6.07) is 3.12. The molecule has 0 bridgehead atoms. The minimum absolute atomic E-state index is 0.128. The Bertz CT molecular complexity index is 606. The van der Waals surface area contributed by atoms with E-state index in [-0.39, 0.29) is 16.4 Å². The molecule has 114 valence electrons. The van der Waals surface area contributed by atoms with Crippen LogP contribution < -0.4 is 5.73 Å². The lowest BCUT2D eigenvalue weighted by molar-refractivity contribution is 0.216. The van der Waals surface area contributed by atoms with Crippen molar-refractivity contribution in [1.82, 2.24) is 4.31 Å². The zero-order valence-corrected chi connectivity index (χ0v) is 15.3. The fourth-order valence-electron chi connectivity index (χ4n) is 1.86. The van der Waals surface area contributed by atoms with E-state index in [9.17, 15) is 8.42 Å². The number of benzene rings is 1. The molecule has 1 aromatic rings. The second kappa shape index (κ2) is 5.66. The predicted molar refractivity (Wildman–Crippen MR) is 87.2 cm³/mol. The molecular weight excluding hydrogens is 340 g/mol. The van der Waals surface area contributed by atoms with Crippen LogP contribution in [0.15, 0.2) is 21.5 Å². The molecule has 0 saturated heterocycles. The first-order valence-electron chi connectivity index (χ1n) is 6.42. The molecule has 0 radical (unpaired) electrons. The highest BCUT2D eigenvalue weighted by atomic mass is 79.9. The molecule has 0 heterocycles. The highest BCUT2D eigenvalue weighted by Crippen LogP contribution is 2.31. The fraction of sp³-hybridized carbons (Fsp3) is 0.571. The maximum atomic E-state index is 12.8. The van der Waals surface area contributed by atoms with Crippen molar-refractivity contribution in [3.05, 3.63) is 22.2 Å². The summed E-state index contributed by atoms with van der Waals surface area (Å²) in [6.45, 7) is 9.74. The van der Waals surface area contributed by atoms with Crippen molar-refractivity contribution in [3.63, 3.8) is 0 Å². The van der Waals surface area contributed by atoms with Crippen molar-refractivity contribution in [2.75, 3.05) is 12.8 Å². The van der Waals surface area contributed by atoms with Crippen molar-refractivity contribution in [2.45, 2.75) is 45.6 Å². The molecule has 0 aliphatic carbocycles. The van der Waals surface area contributed by atoms with E-state index in [4.69, 9.17) is 5.73 Å². The highest BCUT2D eigenvalue weighted by molar-refractivity contribution is 9.10. The third-order valence-electron chi connectivity index (χ3n) is 3.75. The number of aryl methyl sites for hydroxylation is 1. The minimum Gasteiger partial charge on any atom is -0.398 e. The zero-order valence-electron chi connectivity index (χ0n) is 12.9. The van der Waals surface area contributed by atoms with E-state index >= 15 is 0 Å². The lowest BCUT2D eigenvalue weighted by Gasteiger charge is -2.34. The van der Waals surface area contributed by atoms with Crippen LogP contribution in [-0.2, 0) is 10.0 Å². The molecule has 0 fully saturated rings. The number of hydrogen-bond donors (Lipinski definition) is 1. The second-order valence-electron chi connectivity index (χ2n) is 6.20. The Hall–Kier alpha value is -0.590. The van der Waals surface area contributed by atoms with Crippen LogP contribution >= 0.6 is 15.9 Å². The monoisotopic (exact) mass is 362 g/mol. The molecule has 0 aromatic heterocycles. The average Bonchev–Trinajstić information content (AvgIpc) is 2.30. The molecular formula is C14H23BrN2O2S. The van der Waals surface area contributed by atoms with Crippen LogP contribution in [-0.4, -0.2) is 25.8 Å². The van der Waals surface area contributed by atoms with E-state index < -0.39 is 10.0 Å². The normalized spacial score (nSPS) is 14.6. The number of rotatable bonds is 3. The van der Waals surface area contributed by atoms with Gasteiger partial charge in [0.1, 0.15) is 0 Å². The van der Waals surface area contributed by atoms with Gasteiger partial charge in [0.15, 0.2) is 0 Å². The fourth-order valence-corrected chi connectivity index (χ4v) is 4.10. The number of hydrogen-bond acceptors (Lipinski definition) is 3. The summed E-state index contributed by atoms with van der Waals surface area (Å²) < 4.78 is 27.6. The van der Waals surface area contributed by atoms with Gasteiger partial charge >= 0.3 is 0 Å². The number of nitrogen functional groups attached to an aromatic ring is 1. The number of anilines is 1. The second-order valence-corrected chi connectivity index (χ2v) is 9.02. The number of halogens is 1. The standard InChI is InChI=1S/C14H23BrN2O2S/c1-9-7-11(15)12(16)8-13(9)20(18,19)17(6)10(2)14(3,4)5/h7-8,10H,16H2,1-6H3. The lowest BCUT2D eigenvalue weighted by atomic mass is 9.88. The molecule has 4 nitrogen and oxygen atoms in total. The van der Waals surface area contributed by atoms with Gasteiger partial charge in [-0.1, -0.05) is 20.8 Å². The van der Waals surface area contributed by atoms with Crippen molar-refractivity contribution < 1.29 is 8.42 Å². The molecule has 0 spiro atoms. The van der Waals surface area contributed by atoms with Crippen LogP contribution in [0.25, 0.3) is 0 Å². The summed E-state index contributed by atoms with van der Waals surface area (Å²) in [6.07, 6.45) is 0. The molecule has 1 unspecified atom stereocenters. The van der Waals surface area contributed by atoms with Gasteiger partial charge in [0.05, 0.1) is 4.90 Å². The third kappa shape index (κ3) is 3.35. The van der Waals surface area contributed by atoms with Crippen LogP contribution in [0.1, 0.15) is 33.3 Å². The maximum absolute atomic E-state index is 12.8. The van der Waals surface area contributed by atoms with E-state index in [1.54, 1.807) is 20.0 Å². The van der Waals surface area contributed by atoms with Gasteiger partial charge in [-0.3, -0.25) is 0 Å². The average molecular weight is 363 g/mol. The number of sulfonamides is 1. The van der Waals surface area contributed by atoms with Gasteiger partial charge < -0.3 is 5.73 Å².